The predicted molar refractivity (Wildman–Crippen MR) is 120 cm³/mol. The zero-order valence-electron chi connectivity index (χ0n) is 19.1. The molecule has 174 valence electrons. The lowest BCUT2D eigenvalue weighted by molar-refractivity contribution is -0.119. The molecule has 2 atom stereocenters. The van der Waals surface area contributed by atoms with Crippen LogP contribution in [0.5, 0.6) is 0 Å². The number of carbonyl (C=O) groups is 2. The van der Waals surface area contributed by atoms with E-state index in [1.807, 2.05) is 26.8 Å². The fourth-order valence-electron chi connectivity index (χ4n) is 2.34. The van der Waals surface area contributed by atoms with Crippen molar-refractivity contribution < 1.29 is 23.5 Å². The smallest absolute Gasteiger partial charge is 0.216 e. The van der Waals surface area contributed by atoms with Crippen LogP contribution in [0.1, 0.15) is 47.0 Å². The van der Waals surface area contributed by atoms with E-state index in [0.717, 1.165) is 32.4 Å². The van der Waals surface area contributed by atoms with Gasteiger partial charge in [0.15, 0.2) is 11.6 Å². The second-order valence-electron chi connectivity index (χ2n) is 6.20. The number of hydrogen-bond donors (Lipinski definition) is 3. The van der Waals surface area contributed by atoms with Crippen molar-refractivity contribution in [3.05, 3.63) is 36.4 Å². The SMILES string of the molecule is C=C(F)/C(=C\C=C/C)OC1CCCNCC1.CC.CO[C@H](CNC=O)CNC(C)=O. The Balaban J connectivity index is 0. The molecule has 0 aromatic rings. The Labute approximate surface area is 181 Å². The molecule has 0 saturated carbocycles. The van der Waals surface area contributed by atoms with Gasteiger partial charge in [0, 0.05) is 27.1 Å². The van der Waals surface area contributed by atoms with E-state index in [-0.39, 0.29) is 23.9 Å². The number of carbonyl (C=O) groups excluding carboxylic acids is 2. The van der Waals surface area contributed by atoms with Crippen LogP contribution in [0.25, 0.3) is 0 Å². The van der Waals surface area contributed by atoms with E-state index in [1.165, 1.54) is 14.0 Å². The van der Waals surface area contributed by atoms with Crippen LogP contribution in [-0.4, -0.2) is 57.8 Å². The highest BCUT2D eigenvalue weighted by Gasteiger charge is 2.15. The van der Waals surface area contributed by atoms with Crippen molar-refractivity contribution in [2.45, 2.75) is 59.2 Å². The van der Waals surface area contributed by atoms with E-state index in [0.29, 0.717) is 19.5 Å². The second kappa shape index (κ2) is 21.5. The molecule has 0 aromatic heterocycles. The molecule has 1 aliphatic heterocycles. The van der Waals surface area contributed by atoms with Crippen molar-refractivity contribution in [1.29, 1.82) is 0 Å². The summed E-state index contributed by atoms with van der Waals surface area (Å²) in [5.41, 5.74) is 0. The van der Waals surface area contributed by atoms with Crippen LogP contribution < -0.4 is 16.0 Å². The normalized spacial score (nSPS) is 17.3. The summed E-state index contributed by atoms with van der Waals surface area (Å²) in [4.78, 5) is 20.4. The van der Waals surface area contributed by atoms with Crippen molar-refractivity contribution >= 4 is 12.3 Å². The highest BCUT2D eigenvalue weighted by molar-refractivity contribution is 5.72. The lowest BCUT2D eigenvalue weighted by Crippen LogP contribution is -2.38. The Bertz CT molecular complexity index is 517. The van der Waals surface area contributed by atoms with Crippen molar-refractivity contribution in [1.82, 2.24) is 16.0 Å². The summed E-state index contributed by atoms with van der Waals surface area (Å²) in [6.45, 7) is 13.4. The third-order valence-electron chi connectivity index (χ3n) is 3.86. The second-order valence-corrected chi connectivity index (χ2v) is 6.20. The van der Waals surface area contributed by atoms with Crippen LogP contribution in [0.2, 0.25) is 0 Å². The van der Waals surface area contributed by atoms with Gasteiger partial charge in [-0.1, -0.05) is 32.6 Å². The molecular weight excluding hydrogens is 389 g/mol. The quantitative estimate of drug-likeness (QED) is 0.282. The van der Waals surface area contributed by atoms with Gasteiger partial charge in [-0.3, -0.25) is 9.59 Å². The minimum Gasteiger partial charge on any atom is -0.487 e. The fourth-order valence-corrected chi connectivity index (χ4v) is 2.34. The number of allylic oxidation sites excluding steroid dienone is 4. The third-order valence-corrected chi connectivity index (χ3v) is 3.86. The maximum absolute atomic E-state index is 13.1. The first-order valence-corrected chi connectivity index (χ1v) is 10.4. The minimum absolute atomic E-state index is 0.0963. The number of hydrogen-bond acceptors (Lipinski definition) is 5. The Kier molecular flexibility index (Phi) is 21.5. The molecule has 1 heterocycles. The predicted octanol–water partition coefficient (Wildman–Crippen LogP) is 3.00. The highest BCUT2D eigenvalue weighted by atomic mass is 19.1. The van der Waals surface area contributed by atoms with E-state index in [2.05, 4.69) is 22.5 Å². The molecule has 1 fully saturated rings. The molecule has 1 saturated heterocycles. The largest absolute Gasteiger partial charge is 0.487 e. The molecule has 1 rings (SSSR count). The van der Waals surface area contributed by atoms with E-state index >= 15 is 0 Å². The molecule has 3 N–H and O–H groups in total. The number of ether oxygens (including phenoxy) is 2. The van der Waals surface area contributed by atoms with Gasteiger partial charge in [-0.25, -0.2) is 4.39 Å². The molecule has 0 spiro atoms. The van der Waals surface area contributed by atoms with E-state index in [1.54, 1.807) is 12.2 Å². The Hall–Kier alpha value is -2.19. The first kappa shape index (κ1) is 30.0. The number of halogens is 1. The monoisotopic (exact) mass is 429 g/mol. The van der Waals surface area contributed by atoms with Crippen molar-refractivity contribution in [2.24, 2.45) is 0 Å². The van der Waals surface area contributed by atoms with Gasteiger partial charge in [0.05, 0.1) is 6.10 Å². The minimum atomic E-state index is -0.504. The average molecular weight is 430 g/mol. The zero-order valence-corrected chi connectivity index (χ0v) is 19.1. The van der Waals surface area contributed by atoms with Crippen LogP contribution in [-0.2, 0) is 19.1 Å². The molecule has 0 bridgehead atoms. The molecule has 2 amide bonds. The maximum atomic E-state index is 13.1. The zero-order chi connectivity index (χ0) is 23.2. The van der Waals surface area contributed by atoms with Crippen LogP contribution in [0, 0.1) is 0 Å². The Morgan fingerprint density at radius 2 is 2.00 bits per heavy atom. The van der Waals surface area contributed by atoms with Gasteiger partial charge in [0.25, 0.3) is 0 Å². The van der Waals surface area contributed by atoms with Crippen LogP contribution in [0.3, 0.4) is 0 Å². The Morgan fingerprint density at radius 1 is 1.30 bits per heavy atom. The van der Waals surface area contributed by atoms with Gasteiger partial charge in [-0.2, -0.15) is 0 Å². The molecule has 8 heteroatoms. The third kappa shape index (κ3) is 17.9. The summed E-state index contributed by atoms with van der Waals surface area (Å²) in [7, 11) is 1.53. The molecule has 1 unspecified atom stereocenters. The summed E-state index contributed by atoms with van der Waals surface area (Å²) in [6, 6.07) is 0. The molecule has 0 aromatic carbocycles. The first-order valence-electron chi connectivity index (χ1n) is 10.4. The van der Waals surface area contributed by atoms with Crippen LogP contribution in [0.4, 0.5) is 4.39 Å². The Morgan fingerprint density at radius 3 is 2.53 bits per heavy atom. The van der Waals surface area contributed by atoms with E-state index in [4.69, 9.17) is 9.47 Å². The number of nitrogens with one attached hydrogen (secondary N) is 3. The van der Waals surface area contributed by atoms with Crippen molar-refractivity contribution in [3.8, 4) is 0 Å². The van der Waals surface area contributed by atoms with Crippen LogP contribution >= 0.6 is 0 Å². The summed E-state index contributed by atoms with van der Waals surface area (Å²) in [5, 5.41) is 8.34. The fraction of sp³-hybridized carbons (Fsp3) is 0.636. The summed E-state index contributed by atoms with van der Waals surface area (Å²) in [5.74, 6) is -0.358. The van der Waals surface area contributed by atoms with Crippen LogP contribution in [0.15, 0.2) is 36.4 Å². The molecule has 30 heavy (non-hydrogen) atoms. The summed E-state index contributed by atoms with van der Waals surface area (Å²) in [6.07, 6.45) is 8.70. The average Bonchev–Trinajstić information content (AvgIpc) is 3.01. The number of rotatable bonds is 10. The first-order chi connectivity index (χ1) is 14.4. The van der Waals surface area contributed by atoms with Crippen molar-refractivity contribution in [2.75, 3.05) is 33.3 Å². The molecule has 7 nitrogen and oxygen atoms in total. The van der Waals surface area contributed by atoms with E-state index < -0.39 is 5.83 Å². The molecule has 0 aliphatic carbocycles. The van der Waals surface area contributed by atoms with Gasteiger partial charge in [-0.05, 0) is 45.4 Å². The van der Waals surface area contributed by atoms with Gasteiger partial charge in [-0.15, -0.1) is 0 Å². The van der Waals surface area contributed by atoms with Gasteiger partial charge in [0.1, 0.15) is 6.10 Å². The lowest BCUT2D eigenvalue weighted by atomic mass is 10.1. The van der Waals surface area contributed by atoms with E-state index in [9.17, 15) is 14.0 Å². The van der Waals surface area contributed by atoms with Gasteiger partial charge in [0.2, 0.25) is 12.3 Å². The molecular formula is C22H40FN3O4. The molecule has 1 aliphatic rings. The number of amides is 2. The topological polar surface area (TPSA) is 88.7 Å². The van der Waals surface area contributed by atoms with Gasteiger partial charge < -0.3 is 25.4 Å². The molecule has 0 radical (unpaired) electrons. The van der Waals surface area contributed by atoms with Gasteiger partial charge >= 0.3 is 0 Å². The summed E-state index contributed by atoms with van der Waals surface area (Å²) < 4.78 is 23.7. The number of methoxy groups -OCH3 is 1. The highest BCUT2D eigenvalue weighted by Crippen LogP contribution is 2.19. The summed E-state index contributed by atoms with van der Waals surface area (Å²) >= 11 is 0. The van der Waals surface area contributed by atoms with Crippen molar-refractivity contribution in [3.63, 3.8) is 0 Å². The lowest BCUT2D eigenvalue weighted by Gasteiger charge is -2.17. The maximum Gasteiger partial charge on any atom is 0.216 e. The standard InChI is InChI=1S/C13H20FNO.C7H14N2O3.C2H6/c1-3-4-7-13(11(2)14)16-12-6-5-9-15-10-8-12;1-6(11)9-4-7(12-2)3-8-5-10;1-2/h3-4,7,12,15H,2,5-6,8-10H2,1H3;5,7H,3-4H2,1-2H3,(H,8,10)(H,9,11);1-2H3/b4-3-,13-7+;;/t;7-;/m.1./s1.